The second-order valence-corrected chi connectivity index (χ2v) is 5.47. The highest BCUT2D eigenvalue weighted by atomic mass is 19.1. The number of aromatic nitrogens is 2. The van der Waals surface area contributed by atoms with Crippen LogP contribution < -0.4 is 11.2 Å². The van der Waals surface area contributed by atoms with Gasteiger partial charge in [0.15, 0.2) is 0 Å². The van der Waals surface area contributed by atoms with Gasteiger partial charge < -0.3 is 5.11 Å². The highest BCUT2D eigenvalue weighted by Gasteiger charge is 2.26. The Morgan fingerprint density at radius 1 is 1.33 bits per heavy atom. The standard InChI is InChI=1S/C15H17FN2O3/c1-4-15(2,3)18-13(20)11(12(19)17-14(18)21)9-6-5-7-10(16)8-9/h5-8,20H,4H2,1-3H3,(H,17,19,21). The van der Waals surface area contributed by atoms with Gasteiger partial charge in [-0.1, -0.05) is 19.1 Å². The summed E-state index contributed by atoms with van der Waals surface area (Å²) in [6.45, 7) is 5.39. The molecular weight excluding hydrogens is 275 g/mol. The van der Waals surface area contributed by atoms with Gasteiger partial charge in [0.2, 0.25) is 5.88 Å². The molecule has 112 valence electrons. The smallest absolute Gasteiger partial charge is 0.331 e. The third-order valence-electron chi connectivity index (χ3n) is 3.67. The van der Waals surface area contributed by atoms with E-state index in [2.05, 4.69) is 4.98 Å². The number of rotatable bonds is 3. The number of aromatic hydroxyl groups is 1. The number of aromatic amines is 1. The predicted octanol–water partition coefficient (Wildman–Crippen LogP) is 2.19. The first-order valence-corrected chi connectivity index (χ1v) is 6.62. The van der Waals surface area contributed by atoms with Crippen LogP contribution in [0.4, 0.5) is 4.39 Å². The number of nitrogens with one attached hydrogen (secondary N) is 1. The van der Waals surface area contributed by atoms with E-state index in [1.165, 1.54) is 18.2 Å². The van der Waals surface area contributed by atoms with E-state index in [1.54, 1.807) is 13.8 Å². The summed E-state index contributed by atoms with van der Waals surface area (Å²) in [5.74, 6) is -0.986. The molecule has 0 aliphatic carbocycles. The normalized spacial score (nSPS) is 11.6. The number of hydrogen-bond acceptors (Lipinski definition) is 3. The zero-order chi connectivity index (χ0) is 15.8. The SMILES string of the molecule is CCC(C)(C)n1c(O)c(-c2cccc(F)c2)c(=O)[nH]c1=O. The number of benzene rings is 1. The molecule has 0 saturated carbocycles. The Bertz CT molecular complexity index is 790. The Hall–Kier alpha value is -2.37. The molecule has 0 radical (unpaired) electrons. The summed E-state index contributed by atoms with van der Waals surface area (Å²) in [7, 11) is 0. The summed E-state index contributed by atoms with van der Waals surface area (Å²) in [5.41, 5.74) is -2.02. The Kier molecular flexibility index (Phi) is 3.72. The van der Waals surface area contributed by atoms with E-state index in [0.29, 0.717) is 6.42 Å². The van der Waals surface area contributed by atoms with E-state index in [9.17, 15) is 19.1 Å². The Labute approximate surface area is 120 Å². The van der Waals surface area contributed by atoms with Crippen molar-refractivity contribution in [3.8, 4) is 17.0 Å². The summed E-state index contributed by atoms with van der Waals surface area (Å²) < 4.78 is 14.5. The van der Waals surface area contributed by atoms with Crippen molar-refractivity contribution in [1.29, 1.82) is 0 Å². The van der Waals surface area contributed by atoms with Crippen molar-refractivity contribution in [2.75, 3.05) is 0 Å². The molecule has 6 heteroatoms. The van der Waals surface area contributed by atoms with Gasteiger partial charge in [0.05, 0.1) is 0 Å². The first kappa shape index (κ1) is 15.0. The van der Waals surface area contributed by atoms with Crippen LogP contribution in [0, 0.1) is 5.82 Å². The van der Waals surface area contributed by atoms with Crippen LogP contribution in [0.3, 0.4) is 0 Å². The predicted molar refractivity (Wildman–Crippen MR) is 78.0 cm³/mol. The minimum Gasteiger partial charge on any atom is -0.494 e. The molecule has 0 bridgehead atoms. The topological polar surface area (TPSA) is 75.1 Å². The van der Waals surface area contributed by atoms with Crippen LogP contribution in [-0.4, -0.2) is 14.7 Å². The average Bonchev–Trinajstić information content (AvgIpc) is 2.37. The number of hydrogen-bond donors (Lipinski definition) is 2. The Morgan fingerprint density at radius 2 is 2.00 bits per heavy atom. The fourth-order valence-electron chi connectivity index (χ4n) is 2.15. The second-order valence-electron chi connectivity index (χ2n) is 5.47. The van der Waals surface area contributed by atoms with E-state index >= 15 is 0 Å². The first-order chi connectivity index (χ1) is 9.77. The van der Waals surface area contributed by atoms with Gasteiger partial charge in [-0.25, -0.2) is 9.18 Å². The van der Waals surface area contributed by atoms with Gasteiger partial charge in [0, 0.05) is 5.54 Å². The third kappa shape index (κ3) is 2.61. The van der Waals surface area contributed by atoms with Crippen LogP contribution in [0.15, 0.2) is 33.9 Å². The zero-order valence-electron chi connectivity index (χ0n) is 12.1. The van der Waals surface area contributed by atoms with Gasteiger partial charge in [0.25, 0.3) is 5.56 Å². The van der Waals surface area contributed by atoms with E-state index in [1.807, 2.05) is 6.92 Å². The molecule has 1 heterocycles. The molecule has 0 aliphatic heterocycles. The highest BCUT2D eigenvalue weighted by molar-refractivity contribution is 5.67. The van der Waals surface area contributed by atoms with Crippen LogP contribution in [0.1, 0.15) is 27.2 Å². The lowest BCUT2D eigenvalue weighted by Gasteiger charge is -2.27. The lowest BCUT2D eigenvalue weighted by molar-refractivity contribution is 0.277. The van der Waals surface area contributed by atoms with Crippen molar-refractivity contribution in [1.82, 2.24) is 9.55 Å². The number of nitrogens with zero attached hydrogens (tertiary/aromatic N) is 1. The first-order valence-electron chi connectivity index (χ1n) is 6.62. The van der Waals surface area contributed by atoms with Crippen LogP contribution in [-0.2, 0) is 5.54 Å². The molecular formula is C15H17FN2O3. The maximum Gasteiger partial charge on any atom is 0.331 e. The van der Waals surface area contributed by atoms with Crippen molar-refractivity contribution in [2.45, 2.75) is 32.7 Å². The van der Waals surface area contributed by atoms with Gasteiger partial charge in [0.1, 0.15) is 11.4 Å². The molecule has 2 rings (SSSR count). The van der Waals surface area contributed by atoms with E-state index in [0.717, 1.165) is 10.6 Å². The van der Waals surface area contributed by atoms with Gasteiger partial charge >= 0.3 is 5.69 Å². The maximum absolute atomic E-state index is 13.3. The van der Waals surface area contributed by atoms with E-state index in [-0.39, 0.29) is 11.1 Å². The number of H-pyrrole nitrogens is 1. The second kappa shape index (κ2) is 5.20. The molecule has 0 atom stereocenters. The van der Waals surface area contributed by atoms with Crippen molar-refractivity contribution < 1.29 is 9.50 Å². The number of halogens is 1. The van der Waals surface area contributed by atoms with Crippen molar-refractivity contribution in [2.24, 2.45) is 0 Å². The molecule has 0 fully saturated rings. The molecule has 5 nitrogen and oxygen atoms in total. The fraction of sp³-hybridized carbons (Fsp3) is 0.333. The molecule has 0 aliphatic rings. The summed E-state index contributed by atoms with van der Waals surface area (Å²) in [6.07, 6.45) is 0.565. The minimum absolute atomic E-state index is 0.115. The molecule has 0 amide bonds. The monoisotopic (exact) mass is 292 g/mol. The van der Waals surface area contributed by atoms with Gasteiger partial charge in [-0.2, -0.15) is 0 Å². The van der Waals surface area contributed by atoms with Crippen LogP contribution >= 0.6 is 0 Å². The molecule has 0 saturated heterocycles. The quantitative estimate of drug-likeness (QED) is 0.910. The van der Waals surface area contributed by atoms with Crippen molar-refractivity contribution >= 4 is 0 Å². The minimum atomic E-state index is -0.744. The fourth-order valence-corrected chi connectivity index (χ4v) is 2.15. The third-order valence-corrected chi connectivity index (χ3v) is 3.67. The van der Waals surface area contributed by atoms with Gasteiger partial charge in [-0.05, 0) is 38.0 Å². The molecule has 1 aromatic heterocycles. The highest BCUT2D eigenvalue weighted by Crippen LogP contribution is 2.29. The lowest BCUT2D eigenvalue weighted by Crippen LogP contribution is -2.40. The average molecular weight is 292 g/mol. The van der Waals surface area contributed by atoms with Crippen molar-refractivity contribution in [3.05, 3.63) is 50.9 Å². The molecule has 2 N–H and O–H groups in total. The zero-order valence-corrected chi connectivity index (χ0v) is 12.1. The molecule has 2 aromatic rings. The van der Waals surface area contributed by atoms with Gasteiger partial charge in [-0.15, -0.1) is 0 Å². The van der Waals surface area contributed by atoms with Crippen LogP contribution in [0.25, 0.3) is 11.1 Å². The summed E-state index contributed by atoms with van der Waals surface area (Å²) in [6, 6.07) is 5.31. The summed E-state index contributed by atoms with van der Waals surface area (Å²) in [5, 5.41) is 10.4. The van der Waals surface area contributed by atoms with Crippen molar-refractivity contribution in [3.63, 3.8) is 0 Å². The summed E-state index contributed by atoms with van der Waals surface area (Å²) >= 11 is 0. The Morgan fingerprint density at radius 3 is 2.57 bits per heavy atom. The summed E-state index contributed by atoms with van der Waals surface area (Å²) in [4.78, 5) is 26.2. The van der Waals surface area contributed by atoms with E-state index in [4.69, 9.17) is 0 Å². The molecule has 1 aromatic carbocycles. The van der Waals surface area contributed by atoms with Crippen LogP contribution in [0.5, 0.6) is 5.88 Å². The molecule has 0 spiro atoms. The largest absolute Gasteiger partial charge is 0.494 e. The lowest BCUT2D eigenvalue weighted by atomic mass is 10.0. The molecule has 0 unspecified atom stereocenters. The Balaban J connectivity index is 2.83. The molecule has 21 heavy (non-hydrogen) atoms. The van der Waals surface area contributed by atoms with Gasteiger partial charge in [-0.3, -0.25) is 14.3 Å². The van der Waals surface area contributed by atoms with E-state index < -0.39 is 28.5 Å². The van der Waals surface area contributed by atoms with Crippen LogP contribution in [0.2, 0.25) is 0 Å². The maximum atomic E-state index is 13.3.